The molecule has 0 spiro atoms. The van der Waals surface area contributed by atoms with Gasteiger partial charge in [-0.25, -0.2) is 22.0 Å². The van der Waals surface area contributed by atoms with Crippen molar-refractivity contribution in [1.82, 2.24) is 0 Å². The Bertz CT molecular complexity index is 443. The number of rotatable bonds is 4. The van der Waals surface area contributed by atoms with Gasteiger partial charge in [-0.3, -0.25) is 0 Å². The molecule has 7 heteroatoms. The molecule has 0 heterocycles. The summed E-state index contributed by atoms with van der Waals surface area (Å²) in [5, 5.41) is 0. The van der Waals surface area contributed by atoms with E-state index in [1.54, 1.807) is 0 Å². The van der Waals surface area contributed by atoms with E-state index in [-0.39, 0.29) is 0 Å². The highest BCUT2D eigenvalue weighted by molar-refractivity contribution is 5.53. The molecule has 1 aromatic carbocycles. The van der Waals surface area contributed by atoms with Crippen LogP contribution in [-0.4, -0.2) is 13.0 Å². The van der Waals surface area contributed by atoms with Crippen molar-refractivity contribution in [3.8, 4) is 5.75 Å². The van der Waals surface area contributed by atoms with Gasteiger partial charge in [0.15, 0.2) is 23.2 Å². The van der Waals surface area contributed by atoms with Gasteiger partial charge in [0.2, 0.25) is 5.82 Å². The van der Waals surface area contributed by atoms with Crippen molar-refractivity contribution in [2.75, 3.05) is 6.61 Å². The average Bonchev–Trinajstić information content (AvgIpc) is 2.26. The van der Waals surface area contributed by atoms with Gasteiger partial charge < -0.3 is 4.74 Å². The van der Waals surface area contributed by atoms with Crippen LogP contribution < -0.4 is 4.74 Å². The van der Waals surface area contributed by atoms with Crippen LogP contribution in [0.5, 0.6) is 5.75 Å². The minimum Gasteiger partial charge on any atom is -0.481 e. The summed E-state index contributed by atoms with van der Waals surface area (Å²) in [6.45, 7) is 1.65. The SMILES string of the molecule is C=Cc1c(F)c(F)c(F)c(OCC(F)F)c1F. The van der Waals surface area contributed by atoms with Gasteiger partial charge in [-0.05, 0) is 0 Å². The summed E-state index contributed by atoms with van der Waals surface area (Å²) in [5.41, 5.74) is -0.979. The first-order valence-corrected chi connectivity index (χ1v) is 4.29. The van der Waals surface area contributed by atoms with Crippen molar-refractivity contribution in [2.24, 2.45) is 0 Å². The lowest BCUT2D eigenvalue weighted by Gasteiger charge is -2.11. The van der Waals surface area contributed by atoms with Gasteiger partial charge >= 0.3 is 0 Å². The highest BCUT2D eigenvalue weighted by atomic mass is 19.3. The van der Waals surface area contributed by atoms with Gasteiger partial charge in [-0.2, -0.15) is 4.39 Å². The van der Waals surface area contributed by atoms with Crippen LogP contribution in [0.4, 0.5) is 26.3 Å². The van der Waals surface area contributed by atoms with Gasteiger partial charge in [0.25, 0.3) is 6.43 Å². The summed E-state index contributed by atoms with van der Waals surface area (Å²) in [6, 6.07) is 0. The molecular weight excluding hydrogens is 250 g/mol. The first kappa shape index (κ1) is 13.4. The van der Waals surface area contributed by atoms with E-state index >= 15 is 0 Å². The molecular formula is C10H6F6O. The van der Waals surface area contributed by atoms with E-state index in [4.69, 9.17) is 0 Å². The lowest BCUT2D eigenvalue weighted by atomic mass is 10.1. The first-order valence-electron chi connectivity index (χ1n) is 4.29. The Labute approximate surface area is 92.3 Å². The van der Waals surface area contributed by atoms with Crippen molar-refractivity contribution in [3.63, 3.8) is 0 Å². The summed E-state index contributed by atoms with van der Waals surface area (Å²) in [5.74, 6) is -8.80. The van der Waals surface area contributed by atoms with Gasteiger partial charge in [0, 0.05) is 0 Å². The Morgan fingerprint density at radius 2 is 1.59 bits per heavy atom. The van der Waals surface area contributed by atoms with Gasteiger partial charge in [-0.15, -0.1) is 0 Å². The number of alkyl halides is 2. The molecule has 0 saturated heterocycles. The fraction of sp³-hybridized carbons (Fsp3) is 0.200. The van der Waals surface area contributed by atoms with Gasteiger partial charge in [0.1, 0.15) is 6.61 Å². The third kappa shape index (κ3) is 2.54. The molecule has 0 saturated carbocycles. The average molecular weight is 256 g/mol. The molecule has 0 aliphatic carbocycles. The standard InChI is InChI=1S/C10H6F6O/c1-2-4-6(13)8(15)9(16)10(7(4)14)17-3-5(11)12/h2,5H,1,3H2. The molecule has 0 aliphatic heterocycles. The van der Waals surface area contributed by atoms with Gasteiger partial charge in [-0.1, -0.05) is 12.7 Å². The molecule has 0 N–H and O–H groups in total. The molecule has 0 unspecified atom stereocenters. The van der Waals surface area contributed by atoms with E-state index in [2.05, 4.69) is 11.3 Å². The van der Waals surface area contributed by atoms with Crippen molar-refractivity contribution < 1.29 is 31.1 Å². The summed E-state index contributed by atoms with van der Waals surface area (Å²) < 4.78 is 79.9. The van der Waals surface area contributed by atoms with Crippen molar-refractivity contribution in [1.29, 1.82) is 0 Å². The van der Waals surface area contributed by atoms with Crippen molar-refractivity contribution in [2.45, 2.75) is 6.43 Å². The zero-order valence-electron chi connectivity index (χ0n) is 8.24. The van der Waals surface area contributed by atoms with Crippen LogP contribution in [0.1, 0.15) is 5.56 Å². The summed E-state index contributed by atoms with van der Waals surface area (Å²) in [6.07, 6.45) is -2.42. The second-order valence-electron chi connectivity index (χ2n) is 2.90. The number of benzene rings is 1. The molecule has 0 amide bonds. The summed E-state index contributed by atoms with van der Waals surface area (Å²) >= 11 is 0. The minimum atomic E-state index is -3.01. The molecule has 0 aromatic heterocycles. The Kier molecular flexibility index (Phi) is 4.03. The quantitative estimate of drug-likeness (QED) is 0.455. The molecule has 1 rings (SSSR count). The Morgan fingerprint density at radius 3 is 2.06 bits per heavy atom. The van der Waals surface area contributed by atoms with E-state index in [0.717, 1.165) is 0 Å². The predicted octanol–water partition coefficient (Wildman–Crippen LogP) is 3.53. The fourth-order valence-electron chi connectivity index (χ4n) is 1.08. The normalized spacial score (nSPS) is 10.8. The maximum absolute atomic E-state index is 13.3. The van der Waals surface area contributed by atoms with E-state index in [1.807, 2.05) is 0 Å². The molecule has 17 heavy (non-hydrogen) atoms. The van der Waals surface area contributed by atoms with Crippen LogP contribution in [0.3, 0.4) is 0 Å². The van der Waals surface area contributed by atoms with E-state index in [1.165, 1.54) is 0 Å². The Balaban J connectivity index is 3.29. The molecule has 0 fully saturated rings. The van der Waals surface area contributed by atoms with E-state index < -0.39 is 47.6 Å². The molecule has 0 radical (unpaired) electrons. The molecule has 0 atom stereocenters. The number of halogens is 6. The van der Waals surface area contributed by atoms with Crippen LogP contribution in [0.25, 0.3) is 6.08 Å². The maximum Gasteiger partial charge on any atom is 0.272 e. The zero-order valence-corrected chi connectivity index (χ0v) is 8.24. The van der Waals surface area contributed by atoms with Crippen LogP contribution >= 0.6 is 0 Å². The number of hydrogen-bond donors (Lipinski definition) is 0. The maximum atomic E-state index is 13.3. The fourth-order valence-corrected chi connectivity index (χ4v) is 1.08. The highest BCUT2D eigenvalue weighted by Gasteiger charge is 2.25. The molecule has 0 bridgehead atoms. The number of ether oxygens (including phenoxy) is 1. The first-order chi connectivity index (χ1) is 7.90. The molecule has 0 aliphatic rings. The largest absolute Gasteiger partial charge is 0.481 e. The topological polar surface area (TPSA) is 9.23 Å². The van der Waals surface area contributed by atoms with Crippen LogP contribution in [-0.2, 0) is 0 Å². The van der Waals surface area contributed by atoms with Crippen molar-refractivity contribution in [3.05, 3.63) is 35.4 Å². The molecule has 1 aromatic rings. The highest BCUT2D eigenvalue weighted by Crippen LogP contribution is 2.30. The number of hydrogen-bond acceptors (Lipinski definition) is 1. The lowest BCUT2D eigenvalue weighted by Crippen LogP contribution is -2.12. The minimum absolute atomic E-state index is 0.586. The Hall–Kier alpha value is -1.66. The van der Waals surface area contributed by atoms with Crippen LogP contribution in [0, 0.1) is 23.3 Å². The third-order valence-corrected chi connectivity index (χ3v) is 1.81. The van der Waals surface area contributed by atoms with Gasteiger partial charge in [0.05, 0.1) is 5.56 Å². The zero-order chi connectivity index (χ0) is 13.2. The predicted molar refractivity (Wildman–Crippen MR) is 47.9 cm³/mol. The second kappa shape index (κ2) is 5.11. The van der Waals surface area contributed by atoms with E-state index in [0.29, 0.717) is 6.08 Å². The molecule has 94 valence electrons. The molecule has 1 nitrogen and oxygen atoms in total. The lowest BCUT2D eigenvalue weighted by molar-refractivity contribution is 0.0770. The van der Waals surface area contributed by atoms with Crippen LogP contribution in [0.15, 0.2) is 6.58 Å². The van der Waals surface area contributed by atoms with E-state index in [9.17, 15) is 26.3 Å². The third-order valence-electron chi connectivity index (χ3n) is 1.81. The summed E-state index contributed by atoms with van der Waals surface area (Å²) in [4.78, 5) is 0. The smallest absolute Gasteiger partial charge is 0.272 e. The van der Waals surface area contributed by atoms with Crippen LogP contribution in [0.2, 0.25) is 0 Å². The Morgan fingerprint density at radius 1 is 1.00 bits per heavy atom. The summed E-state index contributed by atoms with van der Waals surface area (Å²) in [7, 11) is 0. The van der Waals surface area contributed by atoms with Crippen molar-refractivity contribution >= 4 is 6.08 Å². The second-order valence-corrected chi connectivity index (χ2v) is 2.90. The monoisotopic (exact) mass is 256 g/mol.